The van der Waals surface area contributed by atoms with Crippen molar-refractivity contribution in [2.24, 2.45) is 0 Å². The molecule has 0 radical (unpaired) electrons. The third-order valence-electron chi connectivity index (χ3n) is 4.63. The molecule has 1 N–H and O–H groups in total. The highest BCUT2D eigenvalue weighted by Crippen LogP contribution is 2.47. The fraction of sp³-hybridized carbons (Fsp3) is 0.353. The molecular formula is C17H16ClN3O2S2. The molecule has 2 fully saturated rings. The number of anilines is 1. The zero-order valence-electron chi connectivity index (χ0n) is 13.5. The second-order valence-corrected chi connectivity index (χ2v) is 9.04. The average Bonchev–Trinajstić information content (AvgIpc) is 3.24. The summed E-state index contributed by atoms with van der Waals surface area (Å²) in [6, 6.07) is 7.03. The number of carbonyl (C=O) groups is 2. The molecule has 0 unspecified atom stereocenters. The number of aromatic nitrogens is 1. The molecule has 0 aliphatic carbocycles. The topological polar surface area (TPSA) is 62.3 Å². The Labute approximate surface area is 158 Å². The highest BCUT2D eigenvalue weighted by atomic mass is 35.5. The summed E-state index contributed by atoms with van der Waals surface area (Å²) >= 11 is 9.23. The molecule has 2 saturated heterocycles. The summed E-state index contributed by atoms with van der Waals surface area (Å²) in [5, 5.41) is 5.87. The van der Waals surface area contributed by atoms with Crippen LogP contribution in [0.25, 0.3) is 11.3 Å². The van der Waals surface area contributed by atoms with Gasteiger partial charge >= 0.3 is 0 Å². The molecule has 3 heterocycles. The van der Waals surface area contributed by atoms with Crippen molar-refractivity contribution in [2.45, 2.75) is 30.7 Å². The molecular weight excluding hydrogens is 378 g/mol. The number of thiazole rings is 1. The summed E-state index contributed by atoms with van der Waals surface area (Å²) < 4.78 is 0. The monoisotopic (exact) mass is 393 g/mol. The van der Waals surface area contributed by atoms with Gasteiger partial charge in [-0.2, -0.15) is 0 Å². The normalized spacial score (nSPS) is 25.3. The fourth-order valence-electron chi connectivity index (χ4n) is 3.33. The molecule has 2 atom stereocenters. The number of hydrogen-bond acceptors (Lipinski definition) is 5. The molecule has 0 spiro atoms. The minimum Gasteiger partial charge on any atom is -0.315 e. The van der Waals surface area contributed by atoms with E-state index in [2.05, 4.69) is 10.3 Å². The molecule has 2 amide bonds. The third-order valence-corrected chi connectivity index (χ3v) is 7.22. The van der Waals surface area contributed by atoms with Crippen molar-refractivity contribution in [1.29, 1.82) is 0 Å². The lowest BCUT2D eigenvalue weighted by Crippen LogP contribution is -2.48. The number of thioether (sulfide) groups is 1. The fourth-order valence-corrected chi connectivity index (χ4v) is 5.71. The van der Waals surface area contributed by atoms with Gasteiger partial charge in [0, 0.05) is 28.1 Å². The molecule has 1 aromatic heterocycles. The van der Waals surface area contributed by atoms with Crippen LogP contribution in [0.1, 0.15) is 19.8 Å². The van der Waals surface area contributed by atoms with E-state index in [0.29, 0.717) is 22.3 Å². The molecule has 0 saturated carbocycles. The number of fused-ring (bicyclic) bond motifs is 1. The number of rotatable bonds is 3. The molecule has 2 aliphatic rings. The molecule has 1 aromatic carbocycles. The number of nitrogens with one attached hydrogen (secondary N) is 1. The van der Waals surface area contributed by atoms with Gasteiger partial charge in [0.2, 0.25) is 11.8 Å². The van der Waals surface area contributed by atoms with Crippen molar-refractivity contribution in [1.82, 2.24) is 9.88 Å². The summed E-state index contributed by atoms with van der Waals surface area (Å²) in [7, 11) is 0. The van der Waals surface area contributed by atoms with Crippen LogP contribution in [-0.4, -0.2) is 38.4 Å². The highest BCUT2D eigenvalue weighted by molar-refractivity contribution is 8.01. The lowest BCUT2D eigenvalue weighted by atomic mass is 10.2. The largest absolute Gasteiger partial charge is 0.315 e. The lowest BCUT2D eigenvalue weighted by molar-refractivity contribution is -0.135. The maximum Gasteiger partial charge on any atom is 0.249 e. The molecule has 2 aliphatic heterocycles. The zero-order valence-corrected chi connectivity index (χ0v) is 15.9. The van der Waals surface area contributed by atoms with E-state index in [0.717, 1.165) is 17.7 Å². The predicted molar refractivity (Wildman–Crippen MR) is 102 cm³/mol. The maximum atomic E-state index is 12.7. The van der Waals surface area contributed by atoms with E-state index in [1.807, 2.05) is 36.6 Å². The molecule has 0 bridgehead atoms. The van der Waals surface area contributed by atoms with Crippen molar-refractivity contribution in [3.05, 3.63) is 34.7 Å². The van der Waals surface area contributed by atoms with Gasteiger partial charge in [-0.25, -0.2) is 4.98 Å². The van der Waals surface area contributed by atoms with Crippen LogP contribution in [0.5, 0.6) is 0 Å². The van der Waals surface area contributed by atoms with Gasteiger partial charge in [-0.15, -0.1) is 23.1 Å². The molecule has 5 nitrogen and oxygen atoms in total. The van der Waals surface area contributed by atoms with E-state index in [4.69, 9.17) is 11.6 Å². The first-order valence-corrected chi connectivity index (χ1v) is 10.2. The predicted octanol–water partition coefficient (Wildman–Crippen LogP) is 3.86. The van der Waals surface area contributed by atoms with E-state index in [1.165, 1.54) is 11.3 Å². The van der Waals surface area contributed by atoms with Crippen LogP contribution in [0.2, 0.25) is 5.02 Å². The Kier molecular flexibility index (Phi) is 4.25. The first-order valence-electron chi connectivity index (χ1n) is 7.95. The number of benzene rings is 1. The van der Waals surface area contributed by atoms with Gasteiger partial charge in [0.1, 0.15) is 6.04 Å². The summed E-state index contributed by atoms with van der Waals surface area (Å²) in [5.41, 5.74) is 1.56. The Morgan fingerprint density at radius 1 is 1.44 bits per heavy atom. The average molecular weight is 394 g/mol. The lowest BCUT2D eigenvalue weighted by Gasteiger charge is -2.29. The highest BCUT2D eigenvalue weighted by Gasteiger charge is 2.52. The Hall–Kier alpha value is -1.57. The number of hydrogen-bond donors (Lipinski definition) is 1. The van der Waals surface area contributed by atoms with Gasteiger partial charge in [-0.05, 0) is 19.4 Å². The van der Waals surface area contributed by atoms with Crippen molar-refractivity contribution in [3.63, 3.8) is 0 Å². The van der Waals surface area contributed by atoms with E-state index >= 15 is 0 Å². The number of amides is 2. The smallest absolute Gasteiger partial charge is 0.249 e. The van der Waals surface area contributed by atoms with Crippen LogP contribution >= 0.6 is 34.7 Å². The quantitative estimate of drug-likeness (QED) is 0.860. The van der Waals surface area contributed by atoms with Crippen LogP contribution in [0.3, 0.4) is 0 Å². The molecule has 8 heteroatoms. The minimum absolute atomic E-state index is 0.0588. The van der Waals surface area contributed by atoms with Crippen LogP contribution in [0, 0.1) is 0 Å². The number of nitrogens with zero attached hydrogens (tertiary/aromatic N) is 2. The number of halogens is 1. The van der Waals surface area contributed by atoms with Crippen molar-refractivity contribution < 1.29 is 9.59 Å². The van der Waals surface area contributed by atoms with Crippen molar-refractivity contribution >= 4 is 51.6 Å². The van der Waals surface area contributed by atoms with Gasteiger partial charge in [-0.3, -0.25) is 9.59 Å². The summed E-state index contributed by atoms with van der Waals surface area (Å²) in [5.74, 6) is 0.506. The first kappa shape index (κ1) is 16.9. The van der Waals surface area contributed by atoms with E-state index < -0.39 is 6.04 Å². The van der Waals surface area contributed by atoms with E-state index in [-0.39, 0.29) is 16.7 Å². The van der Waals surface area contributed by atoms with Gasteiger partial charge in [0.05, 0.1) is 10.6 Å². The van der Waals surface area contributed by atoms with Crippen molar-refractivity contribution in [3.8, 4) is 11.3 Å². The third kappa shape index (κ3) is 2.94. The first-order chi connectivity index (χ1) is 12.0. The van der Waals surface area contributed by atoms with E-state index in [1.54, 1.807) is 16.7 Å². The van der Waals surface area contributed by atoms with Crippen LogP contribution < -0.4 is 5.32 Å². The summed E-state index contributed by atoms with van der Waals surface area (Å²) in [6.45, 7) is 2.04. The second-order valence-electron chi connectivity index (χ2n) is 6.27. The van der Waals surface area contributed by atoms with Crippen LogP contribution in [-0.2, 0) is 9.59 Å². The number of carbonyl (C=O) groups excluding carboxylic acids is 2. The maximum absolute atomic E-state index is 12.7. The van der Waals surface area contributed by atoms with E-state index in [9.17, 15) is 9.59 Å². The molecule has 25 heavy (non-hydrogen) atoms. The van der Waals surface area contributed by atoms with Gasteiger partial charge in [-0.1, -0.05) is 29.8 Å². The SMILES string of the molecule is C[C@@]12CCC(=O)N1[C@@H](C(=O)Nc1nc(-c3ccccc3Cl)cs1)CS2. The van der Waals surface area contributed by atoms with Gasteiger partial charge in [0.15, 0.2) is 5.13 Å². The zero-order chi connectivity index (χ0) is 17.6. The minimum atomic E-state index is -0.433. The second kappa shape index (κ2) is 6.30. The molecule has 130 valence electrons. The summed E-state index contributed by atoms with van der Waals surface area (Å²) in [6.07, 6.45) is 1.31. The summed E-state index contributed by atoms with van der Waals surface area (Å²) in [4.78, 5) is 30.8. The van der Waals surface area contributed by atoms with Gasteiger partial charge in [0.25, 0.3) is 0 Å². The van der Waals surface area contributed by atoms with Crippen LogP contribution in [0.15, 0.2) is 29.6 Å². The Bertz CT molecular complexity index is 856. The van der Waals surface area contributed by atoms with Gasteiger partial charge < -0.3 is 10.2 Å². The van der Waals surface area contributed by atoms with Crippen molar-refractivity contribution in [2.75, 3.05) is 11.1 Å². The Morgan fingerprint density at radius 3 is 3.04 bits per heavy atom. The Balaban J connectivity index is 1.51. The van der Waals surface area contributed by atoms with Crippen LogP contribution in [0.4, 0.5) is 5.13 Å². The standard InChI is InChI=1S/C17H16ClN3O2S2/c1-17-7-6-14(22)21(17)13(9-25-17)15(23)20-16-19-12(8-24-16)10-4-2-3-5-11(10)18/h2-5,8,13H,6-7,9H2,1H3,(H,19,20,23)/t13-,17-/m1/s1. The molecule has 4 rings (SSSR count). The Morgan fingerprint density at radius 2 is 2.24 bits per heavy atom. The molecule has 2 aromatic rings.